The molecule has 1 amide bonds. The van der Waals surface area contributed by atoms with Gasteiger partial charge in [0, 0.05) is 13.0 Å². The van der Waals surface area contributed by atoms with Crippen molar-refractivity contribution >= 4 is 33.4 Å². The first-order valence-corrected chi connectivity index (χ1v) is 9.79. The van der Waals surface area contributed by atoms with Gasteiger partial charge in [0.15, 0.2) is 0 Å². The average molecular weight is 380 g/mol. The van der Waals surface area contributed by atoms with E-state index in [0.29, 0.717) is 6.54 Å². The quantitative estimate of drug-likeness (QED) is 0.629. The van der Waals surface area contributed by atoms with Gasteiger partial charge < -0.3 is 9.64 Å². The highest BCUT2D eigenvalue weighted by atomic mass is 32.1. The average Bonchev–Trinajstić information content (AvgIpc) is 3.29. The summed E-state index contributed by atoms with van der Waals surface area (Å²) < 4.78 is 6.53. The third kappa shape index (κ3) is 3.71. The van der Waals surface area contributed by atoms with Crippen LogP contribution in [0.5, 0.6) is 0 Å². The van der Waals surface area contributed by atoms with Crippen LogP contribution in [0.3, 0.4) is 0 Å². The molecule has 3 aromatic rings. The molecule has 0 bridgehead atoms. The Morgan fingerprint density at radius 3 is 2.74 bits per heavy atom. The highest BCUT2D eigenvalue weighted by Crippen LogP contribution is 2.29. The number of hydrogen-bond acceptors (Lipinski definition) is 5. The Kier molecular flexibility index (Phi) is 4.90. The number of fused-ring (bicyclic) bond motifs is 1. The number of para-hydroxylation sites is 1. The molecule has 4 rings (SSSR count). The Balaban J connectivity index is 1.37. The van der Waals surface area contributed by atoms with Crippen LogP contribution in [0, 0.1) is 5.92 Å². The SMILES string of the molecule is C[C@@H](c1ccccc1)N1C[C@@H](C(=O)OCc2nc3ccccc3s2)CC1=O. The van der Waals surface area contributed by atoms with Gasteiger partial charge in [-0.15, -0.1) is 11.3 Å². The minimum absolute atomic E-state index is 0.00621. The third-order valence-corrected chi connectivity index (χ3v) is 5.93. The van der Waals surface area contributed by atoms with Gasteiger partial charge >= 0.3 is 5.97 Å². The van der Waals surface area contributed by atoms with Crippen molar-refractivity contribution in [2.45, 2.75) is 26.0 Å². The number of rotatable bonds is 5. The maximum absolute atomic E-state index is 12.5. The Hall–Kier alpha value is -2.73. The molecule has 1 aliphatic heterocycles. The lowest BCUT2D eigenvalue weighted by Crippen LogP contribution is -2.29. The Morgan fingerprint density at radius 2 is 1.96 bits per heavy atom. The molecule has 1 fully saturated rings. The van der Waals surface area contributed by atoms with E-state index in [1.165, 1.54) is 11.3 Å². The van der Waals surface area contributed by atoms with E-state index in [2.05, 4.69) is 4.98 Å². The number of aromatic nitrogens is 1. The zero-order valence-corrected chi connectivity index (χ0v) is 15.8. The van der Waals surface area contributed by atoms with Gasteiger partial charge in [-0.1, -0.05) is 42.5 Å². The first-order valence-electron chi connectivity index (χ1n) is 8.97. The van der Waals surface area contributed by atoms with Crippen molar-refractivity contribution in [2.75, 3.05) is 6.54 Å². The molecule has 2 heterocycles. The summed E-state index contributed by atoms with van der Waals surface area (Å²) in [4.78, 5) is 31.1. The molecule has 0 N–H and O–H groups in total. The van der Waals surface area contributed by atoms with Crippen LogP contribution in [0.1, 0.15) is 30.0 Å². The largest absolute Gasteiger partial charge is 0.458 e. The van der Waals surface area contributed by atoms with Crippen LogP contribution in [0.2, 0.25) is 0 Å². The van der Waals surface area contributed by atoms with Crippen molar-refractivity contribution in [3.8, 4) is 0 Å². The van der Waals surface area contributed by atoms with E-state index in [1.54, 1.807) is 4.90 Å². The van der Waals surface area contributed by atoms with Crippen molar-refractivity contribution in [2.24, 2.45) is 5.92 Å². The summed E-state index contributed by atoms with van der Waals surface area (Å²) in [5.41, 5.74) is 1.97. The number of thiazole rings is 1. The Bertz CT molecular complexity index is 937. The van der Waals surface area contributed by atoms with Gasteiger partial charge in [-0.05, 0) is 24.6 Å². The van der Waals surface area contributed by atoms with Crippen LogP contribution in [-0.4, -0.2) is 28.3 Å². The van der Waals surface area contributed by atoms with Crippen molar-refractivity contribution < 1.29 is 14.3 Å². The molecular weight excluding hydrogens is 360 g/mol. The van der Waals surface area contributed by atoms with E-state index in [9.17, 15) is 9.59 Å². The van der Waals surface area contributed by atoms with Gasteiger partial charge in [0.1, 0.15) is 11.6 Å². The lowest BCUT2D eigenvalue weighted by molar-refractivity contribution is -0.149. The molecular formula is C21H20N2O3S. The number of nitrogens with zero attached hydrogens (tertiary/aromatic N) is 2. The van der Waals surface area contributed by atoms with Gasteiger partial charge in [0.25, 0.3) is 0 Å². The summed E-state index contributed by atoms with van der Waals surface area (Å²) in [5.74, 6) is -0.753. The Labute approximate surface area is 161 Å². The number of likely N-dealkylation sites (tertiary alicyclic amines) is 1. The fraction of sp³-hybridized carbons (Fsp3) is 0.286. The van der Waals surface area contributed by atoms with Crippen LogP contribution in [-0.2, 0) is 20.9 Å². The number of ether oxygens (including phenoxy) is 1. The first-order chi connectivity index (χ1) is 13.1. The highest BCUT2D eigenvalue weighted by Gasteiger charge is 2.37. The zero-order valence-electron chi connectivity index (χ0n) is 15.0. The number of amides is 1. The van der Waals surface area contributed by atoms with Crippen LogP contribution < -0.4 is 0 Å². The summed E-state index contributed by atoms with van der Waals surface area (Å²) in [7, 11) is 0. The summed E-state index contributed by atoms with van der Waals surface area (Å²) in [6, 6.07) is 17.6. The summed E-state index contributed by atoms with van der Waals surface area (Å²) in [5, 5.41) is 0.767. The fourth-order valence-corrected chi connectivity index (χ4v) is 4.29. The van der Waals surface area contributed by atoms with Gasteiger partial charge in [-0.25, -0.2) is 4.98 Å². The van der Waals surface area contributed by atoms with Gasteiger partial charge in [0.2, 0.25) is 5.91 Å². The second-order valence-corrected chi connectivity index (χ2v) is 7.83. The summed E-state index contributed by atoms with van der Waals surface area (Å²) in [6.07, 6.45) is 0.204. The minimum Gasteiger partial charge on any atom is -0.458 e. The predicted molar refractivity (Wildman–Crippen MR) is 104 cm³/mol. The molecule has 0 saturated carbocycles. The van der Waals surface area contributed by atoms with E-state index in [-0.39, 0.29) is 30.9 Å². The molecule has 1 aromatic heterocycles. The number of carbonyl (C=O) groups is 2. The van der Waals surface area contributed by atoms with Crippen LogP contribution >= 0.6 is 11.3 Å². The van der Waals surface area contributed by atoms with Crippen molar-refractivity contribution in [3.63, 3.8) is 0 Å². The van der Waals surface area contributed by atoms with Crippen molar-refractivity contribution in [1.82, 2.24) is 9.88 Å². The predicted octanol–water partition coefficient (Wildman–Crippen LogP) is 3.95. The molecule has 2 aromatic carbocycles. The van der Waals surface area contributed by atoms with Crippen LogP contribution in [0.4, 0.5) is 0 Å². The lowest BCUT2D eigenvalue weighted by atomic mass is 10.1. The molecule has 27 heavy (non-hydrogen) atoms. The van der Waals surface area contributed by atoms with E-state index in [1.807, 2.05) is 61.5 Å². The van der Waals surface area contributed by atoms with Gasteiger partial charge in [0.05, 0.1) is 22.2 Å². The zero-order chi connectivity index (χ0) is 18.8. The van der Waals surface area contributed by atoms with Crippen LogP contribution in [0.25, 0.3) is 10.2 Å². The van der Waals surface area contributed by atoms with E-state index >= 15 is 0 Å². The molecule has 0 aliphatic carbocycles. The third-order valence-electron chi connectivity index (χ3n) is 4.92. The molecule has 0 radical (unpaired) electrons. The lowest BCUT2D eigenvalue weighted by Gasteiger charge is -2.25. The molecule has 5 nitrogen and oxygen atoms in total. The van der Waals surface area contributed by atoms with Crippen LogP contribution in [0.15, 0.2) is 54.6 Å². The van der Waals surface area contributed by atoms with Gasteiger partial charge in [-0.2, -0.15) is 0 Å². The molecule has 138 valence electrons. The van der Waals surface area contributed by atoms with Crippen molar-refractivity contribution in [1.29, 1.82) is 0 Å². The standard InChI is InChI=1S/C21H20N2O3S/c1-14(15-7-3-2-4-8-15)23-12-16(11-20(23)24)21(25)26-13-19-22-17-9-5-6-10-18(17)27-19/h2-10,14,16H,11-13H2,1H3/t14-,16-/m0/s1. The van der Waals surface area contributed by atoms with Crippen molar-refractivity contribution in [3.05, 3.63) is 65.2 Å². The monoisotopic (exact) mass is 380 g/mol. The molecule has 0 unspecified atom stereocenters. The van der Waals surface area contributed by atoms with Gasteiger partial charge in [-0.3, -0.25) is 9.59 Å². The second kappa shape index (κ2) is 7.48. The molecule has 1 saturated heterocycles. The molecule has 2 atom stereocenters. The normalized spacial score (nSPS) is 18.0. The molecule has 6 heteroatoms. The minimum atomic E-state index is -0.418. The summed E-state index contributed by atoms with van der Waals surface area (Å²) in [6.45, 7) is 2.53. The summed E-state index contributed by atoms with van der Waals surface area (Å²) >= 11 is 1.52. The number of hydrogen-bond donors (Lipinski definition) is 0. The smallest absolute Gasteiger partial charge is 0.311 e. The topological polar surface area (TPSA) is 59.5 Å². The molecule has 1 aliphatic rings. The maximum Gasteiger partial charge on any atom is 0.311 e. The number of esters is 1. The van der Waals surface area contributed by atoms with E-state index in [4.69, 9.17) is 4.74 Å². The Morgan fingerprint density at radius 1 is 1.22 bits per heavy atom. The number of benzene rings is 2. The second-order valence-electron chi connectivity index (χ2n) is 6.72. The van der Waals surface area contributed by atoms with E-state index < -0.39 is 5.92 Å². The molecule has 0 spiro atoms. The highest BCUT2D eigenvalue weighted by molar-refractivity contribution is 7.18. The fourth-order valence-electron chi connectivity index (χ4n) is 3.41. The first kappa shape index (κ1) is 17.7. The maximum atomic E-state index is 12.5. The van der Waals surface area contributed by atoms with E-state index in [0.717, 1.165) is 20.8 Å². The number of carbonyl (C=O) groups excluding carboxylic acids is 2.